The van der Waals surface area contributed by atoms with Crippen molar-refractivity contribution in [3.63, 3.8) is 0 Å². The maximum Gasteiger partial charge on any atom is 0.354 e. The molecule has 0 aromatic heterocycles. The van der Waals surface area contributed by atoms with E-state index in [-0.39, 0.29) is 10.7 Å². The van der Waals surface area contributed by atoms with E-state index in [1.54, 1.807) is 30.3 Å². The van der Waals surface area contributed by atoms with Crippen LogP contribution < -0.4 is 10.6 Å². The maximum absolute atomic E-state index is 12.0. The molecule has 1 aromatic carbocycles. The van der Waals surface area contributed by atoms with E-state index in [9.17, 15) is 14.4 Å². The number of esters is 1. The molecular formula is C13H11ClN2O4. The minimum absolute atomic E-state index is 0.0356. The number of carbonyl (C=O) groups excluding carboxylic acids is 3. The third-order valence-electron chi connectivity index (χ3n) is 2.51. The smallest absolute Gasteiger partial charge is 0.354 e. The number of amides is 2. The second-order valence-electron chi connectivity index (χ2n) is 4.03. The fourth-order valence-corrected chi connectivity index (χ4v) is 1.84. The Morgan fingerprint density at radius 3 is 2.50 bits per heavy atom. The van der Waals surface area contributed by atoms with E-state index in [0.717, 1.165) is 0 Å². The fraction of sp³-hybridized carbons (Fsp3) is 0.154. The van der Waals surface area contributed by atoms with Crippen LogP contribution >= 0.6 is 11.6 Å². The molecular weight excluding hydrogens is 284 g/mol. The van der Waals surface area contributed by atoms with Gasteiger partial charge in [-0.2, -0.15) is 0 Å². The van der Waals surface area contributed by atoms with E-state index in [1.807, 2.05) is 0 Å². The number of benzene rings is 1. The molecule has 6 nitrogen and oxygen atoms in total. The first-order chi connectivity index (χ1) is 9.49. The molecule has 1 atom stereocenters. The van der Waals surface area contributed by atoms with Gasteiger partial charge in [-0.3, -0.25) is 9.59 Å². The van der Waals surface area contributed by atoms with Gasteiger partial charge in [0.25, 0.3) is 5.91 Å². The summed E-state index contributed by atoms with van der Waals surface area (Å²) in [6.07, 6.45) is -1.10. The highest BCUT2D eigenvalue weighted by Crippen LogP contribution is 2.22. The largest absolute Gasteiger partial charge is 0.431 e. The minimum atomic E-state index is -1.10. The van der Waals surface area contributed by atoms with Gasteiger partial charge in [0.05, 0.1) is 0 Å². The standard InChI is InChI=1S/C13H11ClN2O4/c1-7(17)15-10-9(14)13(19)20-12(10)16-11(18)8-5-3-2-4-6-8/h2-6,12H,1H3,(H,15,17)(H,16,18)/t12-/m1/s1. The molecule has 7 heteroatoms. The van der Waals surface area contributed by atoms with Crippen molar-refractivity contribution < 1.29 is 19.1 Å². The van der Waals surface area contributed by atoms with E-state index in [0.29, 0.717) is 5.56 Å². The summed E-state index contributed by atoms with van der Waals surface area (Å²) in [6.45, 7) is 1.26. The van der Waals surface area contributed by atoms with E-state index < -0.39 is 24.0 Å². The van der Waals surface area contributed by atoms with Crippen molar-refractivity contribution in [2.75, 3.05) is 0 Å². The van der Waals surface area contributed by atoms with Gasteiger partial charge in [0.15, 0.2) is 5.03 Å². The fourth-order valence-electron chi connectivity index (χ4n) is 1.65. The molecule has 1 aliphatic heterocycles. The number of rotatable bonds is 3. The summed E-state index contributed by atoms with van der Waals surface area (Å²) in [5.74, 6) is -1.66. The molecule has 1 aromatic rings. The molecule has 1 heterocycles. The van der Waals surface area contributed by atoms with E-state index in [1.165, 1.54) is 6.92 Å². The normalized spacial score (nSPS) is 17.7. The SMILES string of the molecule is CC(=O)NC1=C(Cl)C(=O)O[C@H]1NC(=O)c1ccccc1. The van der Waals surface area contributed by atoms with E-state index in [4.69, 9.17) is 16.3 Å². The van der Waals surface area contributed by atoms with Gasteiger partial charge in [-0.15, -0.1) is 0 Å². The summed E-state index contributed by atoms with van der Waals surface area (Å²) in [6, 6.07) is 8.39. The van der Waals surface area contributed by atoms with Gasteiger partial charge >= 0.3 is 5.97 Å². The van der Waals surface area contributed by atoms with Crippen molar-refractivity contribution >= 4 is 29.4 Å². The highest BCUT2D eigenvalue weighted by atomic mass is 35.5. The average molecular weight is 295 g/mol. The Kier molecular flexibility index (Phi) is 4.05. The first-order valence-corrected chi connectivity index (χ1v) is 6.11. The van der Waals surface area contributed by atoms with Gasteiger partial charge < -0.3 is 15.4 Å². The number of hydrogen-bond acceptors (Lipinski definition) is 4. The molecule has 0 bridgehead atoms. The van der Waals surface area contributed by atoms with Gasteiger partial charge in [-0.1, -0.05) is 29.8 Å². The Morgan fingerprint density at radius 2 is 1.90 bits per heavy atom. The monoisotopic (exact) mass is 294 g/mol. The zero-order valence-corrected chi connectivity index (χ0v) is 11.2. The van der Waals surface area contributed by atoms with Crippen LogP contribution in [0.4, 0.5) is 0 Å². The lowest BCUT2D eigenvalue weighted by Crippen LogP contribution is -2.41. The molecule has 2 rings (SSSR count). The molecule has 0 fully saturated rings. The van der Waals surface area contributed by atoms with Crippen molar-refractivity contribution in [1.82, 2.24) is 10.6 Å². The van der Waals surface area contributed by atoms with Gasteiger partial charge in [-0.25, -0.2) is 4.79 Å². The second-order valence-corrected chi connectivity index (χ2v) is 4.41. The first-order valence-electron chi connectivity index (χ1n) is 5.73. The molecule has 0 aliphatic carbocycles. The Morgan fingerprint density at radius 1 is 1.25 bits per heavy atom. The van der Waals surface area contributed by atoms with Crippen molar-refractivity contribution in [3.05, 3.63) is 46.6 Å². The van der Waals surface area contributed by atoms with Crippen LogP contribution in [0.15, 0.2) is 41.1 Å². The predicted molar refractivity (Wildman–Crippen MR) is 70.5 cm³/mol. The van der Waals surface area contributed by atoms with Gasteiger partial charge in [0.1, 0.15) is 5.70 Å². The van der Waals surface area contributed by atoms with Crippen LogP contribution in [0.5, 0.6) is 0 Å². The Labute approximate surface area is 119 Å². The van der Waals surface area contributed by atoms with Crippen LogP contribution in [0.3, 0.4) is 0 Å². The third kappa shape index (κ3) is 2.97. The van der Waals surface area contributed by atoms with Crippen LogP contribution in [0.2, 0.25) is 0 Å². The second kappa shape index (κ2) is 5.75. The molecule has 0 unspecified atom stereocenters. The highest BCUT2D eigenvalue weighted by Gasteiger charge is 2.35. The van der Waals surface area contributed by atoms with E-state index >= 15 is 0 Å². The number of halogens is 1. The average Bonchev–Trinajstić information content (AvgIpc) is 2.67. The summed E-state index contributed by atoms with van der Waals surface area (Å²) < 4.78 is 4.89. The number of carbonyl (C=O) groups is 3. The summed E-state index contributed by atoms with van der Waals surface area (Å²) in [5, 5.41) is 4.60. The number of cyclic esters (lactones) is 1. The van der Waals surface area contributed by atoms with Crippen LogP contribution in [0.25, 0.3) is 0 Å². The topological polar surface area (TPSA) is 84.5 Å². The van der Waals surface area contributed by atoms with E-state index in [2.05, 4.69) is 10.6 Å². The lowest BCUT2D eigenvalue weighted by Gasteiger charge is -2.15. The molecule has 104 valence electrons. The van der Waals surface area contributed by atoms with Crippen molar-refractivity contribution in [1.29, 1.82) is 0 Å². The lowest BCUT2D eigenvalue weighted by atomic mass is 10.2. The zero-order valence-electron chi connectivity index (χ0n) is 10.5. The Balaban J connectivity index is 2.15. The van der Waals surface area contributed by atoms with Crippen LogP contribution in [-0.4, -0.2) is 24.0 Å². The minimum Gasteiger partial charge on any atom is -0.431 e. The van der Waals surface area contributed by atoms with Gasteiger partial charge in [0, 0.05) is 12.5 Å². The summed E-state index contributed by atoms with van der Waals surface area (Å²) in [5.41, 5.74) is 0.433. The molecule has 2 N–H and O–H groups in total. The zero-order chi connectivity index (χ0) is 14.7. The highest BCUT2D eigenvalue weighted by molar-refractivity contribution is 6.42. The van der Waals surface area contributed by atoms with Gasteiger partial charge in [-0.05, 0) is 12.1 Å². The third-order valence-corrected chi connectivity index (χ3v) is 2.87. The predicted octanol–water partition coefficient (Wildman–Crippen LogP) is 0.886. The summed E-state index contributed by atoms with van der Waals surface area (Å²) in [7, 11) is 0. The quantitative estimate of drug-likeness (QED) is 0.811. The molecule has 2 amide bonds. The Bertz CT molecular complexity index is 598. The molecule has 0 saturated carbocycles. The van der Waals surface area contributed by atoms with Gasteiger partial charge in [0.2, 0.25) is 12.1 Å². The molecule has 0 radical (unpaired) electrons. The number of nitrogens with one attached hydrogen (secondary N) is 2. The lowest BCUT2D eigenvalue weighted by molar-refractivity contribution is -0.140. The summed E-state index contributed by atoms with van der Waals surface area (Å²) >= 11 is 5.74. The van der Waals surface area contributed by atoms with Crippen molar-refractivity contribution in [2.45, 2.75) is 13.2 Å². The molecule has 0 spiro atoms. The maximum atomic E-state index is 12.0. The number of hydrogen-bond donors (Lipinski definition) is 2. The first kappa shape index (κ1) is 14.1. The Hall–Kier alpha value is -2.34. The molecule has 20 heavy (non-hydrogen) atoms. The van der Waals surface area contributed by atoms with Crippen LogP contribution in [0.1, 0.15) is 17.3 Å². The number of ether oxygens (including phenoxy) is 1. The van der Waals surface area contributed by atoms with Crippen molar-refractivity contribution in [3.8, 4) is 0 Å². The summed E-state index contributed by atoms with van der Waals surface area (Å²) in [4.78, 5) is 34.4. The van der Waals surface area contributed by atoms with Crippen molar-refractivity contribution in [2.24, 2.45) is 0 Å². The van der Waals surface area contributed by atoms with Crippen LogP contribution in [0, 0.1) is 0 Å². The molecule has 0 saturated heterocycles. The van der Waals surface area contributed by atoms with Crippen LogP contribution in [-0.2, 0) is 14.3 Å². The molecule has 1 aliphatic rings.